The van der Waals surface area contributed by atoms with E-state index in [2.05, 4.69) is 54.7 Å². The van der Waals surface area contributed by atoms with Crippen LogP contribution in [0.5, 0.6) is 5.75 Å². The molecule has 1 N–H and O–H groups in total. The average molecular weight is 403 g/mol. The number of piperidine rings is 1. The molecule has 1 fully saturated rings. The zero-order valence-electron chi connectivity index (χ0n) is 17.8. The number of carbonyl (C=O) groups excluding carboxylic acids is 1. The van der Waals surface area contributed by atoms with Gasteiger partial charge in [-0.15, -0.1) is 0 Å². The first kappa shape index (κ1) is 19.2. The molecule has 2 heterocycles. The number of nitrogens with one attached hydrogen (secondary N) is 1. The number of benzene rings is 2. The number of hydrogen-bond acceptors (Lipinski definition) is 3. The van der Waals surface area contributed by atoms with Gasteiger partial charge in [-0.1, -0.05) is 43.3 Å². The van der Waals surface area contributed by atoms with E-state index in [1.54, 1.807) is 7.11 Å². The summed E-state index contributed by atoms with van der Waals surface area (Å²) < 4.78 is 5.47. The van der Waals surface area contributed by atoms with Crippen LogP contribution in [0.2, 0.25) is 0 Å². The number of ether oxygens (including phenoxy) is 1. The minimum Gasteiger partial charge on any atom is -0.497 e. The van der Waals surface area contributed by atoms with Gasteiger partial charge in [-0.25, -0.2) is 0 Å². The Morgan fingerprint density at radius 3 is 2.73 bits per heavy atom. The summed E-state index contributed by atoms with van der Waals surface area (Å²) in [5.41, 5.74) is 4.30. The van der Waals surface area contributed by atoms with E-state index >= 15 is 0 Å². The molecule has 30 heavy (non-hydrogen) atoms. The Kier molecular flexibility index (Phi) is 5.01. The number of methoxy groups -OCH3 is 1. The van der Waals surface area contributed by atoms with Gasteiger partial charge in [-0.3, -0.25) is 4.79 Å². The van der Waals surface area contributed by atoms with Crippen molar-refractivity contribution in [2.24, 2.45) is 11.8 Å². The second-order valence-electron chi connectivity index (χ2n) is 9.00. The van der Waals surface area contributed by atoms with Gasteiger partial charge in [0.1, 0.15) is 5.75 Å². The minimum absolute atomic E-state index is 0.155. The van der Waals surface area contributed by atoms with Crippen LogP contribution in [0.25, 0.3) is 0 Å². The topological polar surface area (TPSA) is 41.6 Å². The predicted molar refractivity (Wildman–Crippen MR) is 120 cm³/mol. The van der Waals surface area contributed by atoms with E-state index in [0.29, 0.717) is 17.8 Å². The maximum absolute atomic E-state index is 13.5. The highest BCUT2D eigenvalue weighted by molar-refractivity contribution is 6.01. The van der Waals surface area contributed by atoms with Gasteiger partial charge in [0.25, 0.3) is 5.91 Å². The summed E-state index contributed by atoms with van der Waals surface area (Å²) in [6, 6.07) is 14.7. The molecule has 0 bridgehead atoms. The lowest BCUT2D eigenvalue weighted by Crippen LogP contribution is -2.39. The number of nitrogens with zero attached hydrogens (tertiary/aromatic N) is 1. The summed E-state index contributed by atoms with van der Waals surface area (Å²) in [7, 11) is 1.71. The van der Waals surface area contributed by atoms with E-state index in [-0.39, 0.29) is 11.9 Å². The molecule has 2 aromatic carbocycles. The number of rotatable bonds is 3. The first-order chi connectivity index (χ1) is 14.7. The van der Waals surface area contributed by atoms with Crippen LogP contribution in [-0.4, -0.2) is 31.0 Å². The summed E-state index contributed by atoms with van der Waals surface area (Å²) in [5, 5.41) is 3.79. The number of hydrogen-bond donors (Lipinski definition) is 1. The third-order valence-corrected chi connectivity index (χ3v) is 7.15. The van der Waals surface area contributed by atoms with Gasteiger partial charge < -0.3 is 15.0 Å². The molecular formula is C26H30N2O2. The maximum Gasteiger partial charge on any atom is 0.255 e. The third kappa shape index (κ3) is 3.28. The van der Waals surface area contributed by atoms with Crippen LogP contribution in [0.1, 0.15) is 59.6 Å². The molecule has 0 spiro atoms. The van der Waals surface area contributed by atoms with Crippen molar-refractivity contribution >= 4 is 11.6 Å². The lowest BCUT2D eigenvalue weighted by molar-refractivity contribution is 0.0698. The molecular weight excluding hydrogens is 372 g/mol. The summed E-state index contributed by atoms with van der Waals surface area (Å²) in [6.07, 6.45) is 7.84. The fraction of sp³-hybridized carbons (Fsp3) is 0.423. The first-order valence-electron chi connectivity index (χ1n) is 11.1. The van der Waals surface area contributed by atoms with E-state index in [4.69, 9.17) is 4.74 Å². The number of carbonyl (C=O) groups is 1. The maximum atomic E-state index is 13.5. The molecule has 4 nitrogen and oxygen atoms in total. The highest BCUT2D eigenvalue weighted by Gasteiger charge is 2.39. The fourth-order valence-electron chi connectivity index (χ4n) is 5.35. The molecule has 0 radical (unpaired) electrons. The van der Waals surface area contributed by atoms with Crippen LogP contribution < -0.4 is 10.1 Å². The van der Waals surface area contributed by atoms with Crippen molar-refractivity contribution in [3.05, 3.63) is 71.3 Å². The Bertz CT molecular complexity index is 975. The molecule has 1 aliphatic carbocycles. The Morgan fingerprint density at radius 1 is 1.13 bits per heavy atom. The number of amides is 1. The third-order valence-electron chi connectivity index (χ3n) is 7.15. The van der Waals surface area contributed by atoms with Crippen LogP contribution >= 0.6 is 0 Å². The second kappa shape index (κ2) is 7.82. The molecule has 4 heteroatoms. The highest BCUT2D eigenvalue weighted by atomic mass is 16.5. The molecule has 156 valence electrons. The van der Waals surface area contributed by atoms with E-state index in [0.717, 1.165) is 49.4 Å². The molecule has 3 unspecified atom stereocenters. The number of anilines is 1. The summed E-state index contributed by atoms with van der Waals surface area (Å²) >= 11 is 0. The average Bonchev–Trinajstić information content (AvgIpc) is 3.28. The molecule has 1 saturated heterocycles. The van der Waals surface area contributed by atoms with E-state index in [9.17, 15) is 4.79 Å². The standard InChI is InChI=1S/C26H30N2O2/c1-17-12-14-28(15-13-17)26(29)23-11-5-10-22-20-8-4-9-21(20)24(27-25(22)23)18-6-3-7-19(16-18)30-2/h3-8,10-11,16-17,20-21,24,27H,9,12-15H2,1-2H3. The molecule has 1 amide bonds. The Hall–Kier alpha value is -2.75. The molecule has 2 aromatic rings. The van der Waals surface area contributed by atoms with Crippen LogP contribution in [0, 0.1) is 11.8 Å². The van der Waals surface area contributed by atoms with Gasteiger partial charge in [-0.05, 0) is 60.4 Å². The number of likely N-dealkylation sites (tertiary alicyclic amines) is 1. The van der Waals surface area contributed by atoms with Gasteiger partial charge in [0, 0.05) is 19.0 Å². The van der Waals surface area contributed by atoms with Crippen molar-refractivity contribution in [1.29, 1.82) is 0 Å². The molecule has 5 rings (SSSR count). The van der Waals surface area contributed by atoms with E-state index < -0.39 is 0 Å². The van der Waals surface area contributed by atoms with Crippen molar-refractivity contribution in [2.45, 2.75) is 38.1 Å². The monoisotopic (exact) mass is 402 g/mol. The van der Waals surface area contributed by atoms with Crippen molar-refractivity contribution in [3.8, 4) is 5.75 Å². The van der Waals surface area contributed by atoms with E-state index in [1.165, 1.54) is 11.1 Å². The van der Waals surface area contributed by atoms with Gasteiger partial charge >= 0.3 is 0 Å². The minimum atomic E-state index is 0.155. The summed E-state index contributed by atoms with van der Waals surface area (Å²) in [4.78, 5) is 15.5. The number of fused-ring (bicyclic) bond motifs is 3. The molecule has 3 atom stereocenters. The largest absolute Gasteiger partial charge is 0.497 e. The lowest BCUT2D eigenvalue weighted by Gasteiger charge is -2.39. The van der Waals surface area contributed by atoms with Gasteiger partial charge in [0.2, 0.25) is 0 Å². The zero-order chi connectivity index (χ0) is 20.7. The Labute approximate surface area is 178 Å². The normalized spacial score (nSPS) is 25.4. The molecule has 0 aromatic heterocycles. The quantitative estimate of drug-likeness (QED) is 0.700. The van der Waals surface area contributed by atoms with Crippen LogP contribution in [0.15, 0.2) is 54.6 Å². The van der Waals surface area contributed by atoms with Gasteiger partial charge in [0.15, 0.2) is 0 Å². The highest BCUT2D eigenvalue weighted by Crippen LogP contribution is 2.51. The second-order valence-corrected chi connectivity index (χ2v) is 9.00. The number of allylic oxidation sites excluding steroid dienone is 2. The van der Waals surface area contributed by atoms with Crippen molar-refractivity contribution in [3.63, 3.8) is 0 Å². The first-order valence-corrected chi connectivity index (χ1v) is 11.1. The van der Waals surface area contributed by atoms with Crippen molar-refractivity contribution in [2.75, 3.05) is 25.5 Å². The van der Waals surface area contributed by atoms with Crippen LogP contribution in [-0.2, 0) is 0 Å². The zero-order valence-corrected chi connectivity index (χ0v) is 17.8. The molecule has 0 saturated carbocycles. The smallest absolute Gasteiger partial charge is 0.255 e. The number of para-hydroxylation sites is 1. The van der Waals surface area contributed by atoms with Crippen molar-refractivity contribution in [1.82, 2.24) is 4.90 Å². The van der Waals surface area contributed by atoms with Crippen molar-refractivity contribution < 1.29 is 9.53 Å². The summed E-state index contributed by atoms with van der Waals surface area (Å²) in [5.74, 6) is 2.53. The van der Waals surface area contributed by atoms with Crippen LogP contribution in [0.3, 0.4) is 0 Å². The van der Waals surface area contributed by atoms with Gasteiger partial charge in [-0.2, -0.15) is 0 Å². The fourth-order valence-corrected chi connectivity index (χ4v) is 5.35. The Morgan fingerprint density at radius 2 is 1.93 bits per heavy atom. The van der Waals surface area contributed by atoms with Gasteiger partial charge in [0.05, 0.1) is 24.4 Å². The van der Waals surface area contributed by atoms with Crippen LogP contribution in [0.4, 0.5) is 5.69 Å². The molecule has 2 aliphatic heterocycles. The predicted octanol–water partition coefficient (Wildman–Crippen LogP) is 5.39. The Balaban J connectivity index is 1.52. The SMILES string of the molecule is COc1cccc(C2Nc3c(C(=O)N4CCC(C)CC4)cccc3C3C=CCC32)c1. The van der Waals surface area contributed by atoms with E-state index in [1.807, 2.05) is 17.0 Å². The summed E-state index contributed by atoms with van der Waals surface area (Å²) in [6.45, 7) is 3.99. The lowest BCUT2D eigenvalue weighted by atomic mass is 9.76. The molecule has 3 aliphatic rings.